The molecule has 0 aliphatic heterocycles. The van der Waals surface area contributed by atoms with Crippen LogP contribution in [-0.4, -0.2) is 19.5 Å². The van der Waals surface area contributed by atoms with Gasteiger partial charge in [-0.2, -0.15) is 0 Å². The summed E-state index contributed by atoms with van der Waals surface area (Å²) in [6.45, 7) is 0.359. The van der Waals surface area contributed by atoms with E-state index in [1.54, 1.807) is 31.3 Å². The Morgan fingerprint density at radius 3 is 2.62 bits per heavy atom. The van der Waals surface area contributed by atoms with Crippen LogP contribution in [-0.2, 0) is 0 Å². The van der Waals surface area contributed by atoms with Crippen molar-refractivity contribution in [2.24, 2.45) is 5.73 Å². The van der Waals surface area contributed by atoms with E-state index in [4.69, 9.17) is 22.1 Å². The summed E-state index contributed by atoms with van der Waals surface area (Å²) in [5.74, 6) is 1.34. The lowest BCUT2D eigenvalue weighted by atomic mass is 10.3. The lowest BCUT2D eigenvalue weighted by Crippen LogP contribution is -2.72. The van der Waals surface area contributed by atoms with Gasteiger partial charge in [0.25, 0.3) is 5.84 Å². The maximum absolute atomic E-state index is 5.70. The number of nitrogens with one attached hydrogen (secondary N) is 1. The van der Waals surface area contributed by atoms with Crippen LogP contribution in [0.25, 0.3) is 0 Å². The molecule has 0 heterocycles. The lowest BCUT2D eigenvalue weighted by molar-refractivity contribution is -0.422. The first kappa shape index (κ1) is 9.86. The molecule has 0 bridgehead atoms. The van der Waals surface area contributed by atoms with E-state index in [1.807, 2.05) is 0 Å². The summed E-state index contributed by atoms with van der Waals surface area (Å²) in [6.07, 6.45) is 0. The van der Waals surface area contributed by atoms with E-state index in [0.717, 1.165) is 5.75 Å². The largest absolute Gasteiger partial charge is 0.481 e. The van der Waals surface area contributed by atoms with Gasteiger partial charge in [0.05, 0.1) is 7.05 Å². The van der Waals surface area contributed by atoms with Crippen molar-refractivity contribution in [3.63, 3.8) is 0 Å². The predicted molar refractivity (Wildman–Crippen MR) is 53.0 cm³/mol. The van der Waals surface area contributed by atoms with Crippen molar-refractivity contribution in [3.05, 3.63) is 29.3 Å². The molecule has 0 atom stereocenters. The van der Waals surface area contributed by atoms with E-state index < -0.39 is 0 Å². The molecule has 3 N–H and O–H groups in total. The third-order valence-corrected chi connectivity index (χ3v) is 1.78. The molecule has 0 saturated carbocycles. The predicted octanol–water partition coefficient (Wildman–Crippen LogP) is -0.214. The number of nitrogens with two attached hydrogens (primary N) is 1. The fourth-order valence-corrected chi connectivity index (χ4v) is 0.890. The van der Waals surface area contributed by atoms with Crippen LogP contribution in [0.4, 0.5) is 0 Å². The Hall–Kier alpha value is -1.22. The Morgan fingerprint density at radius 1 is 1.46 bits per heavy atom. The first-order valence-corrected chi connectivity index (χ1v) is 4.27. The Labute approximate surface area is 82.2 Å². The number of benzene rings is 1. The van der Waals surface area contributed by atoms with Crippen LogP contribution in [0.5, 0.6) is 5.75 Å². The highest BCUT2D eigenvalue weighted by atomic mass is 35.5. The summed E-state index contributed by atoms with van der Waals surface area (Å²) < 4.78 is 5.33. The number of amidine groups is 1. The summed E-state index contributed by atoms with van der Waals surface area (Å²) >= 11 is 5.70. The minimum Gasteiger partial charge on any atom is -0.481 e. The topological polar surface area (TPSA) is 49.2 Å². The molecule has 0 aliphatic rings. The molecule has 1 rings (SSSR count). The van der Waals surface area contributed by atoms with Crippen LogP contribution in [0.15, 0.2) is 24.3 Å². The van der Waals surface area contributed by atoms with E-state index in [0.29, 0.717) is 17.5 Å². The van der Waals surface area contributed by atoms with E-state index in [2.05, 4.69) is 4.99 Å². The van der Waals surface area contributed by atoms with Gasteiger partial charge in [-0.05, 0) is 24.3 Å². The van der Waals surface area contributed by atoms with Gasteiger partial charge < -0.3 is 4.74 Å². The molecule has 1 aromatic rings. The van der Waals surface area contributed by atoms with Crippen molar-refractivity contribution in [3.8, 4) is 5.75 Å². The molecule has 0 unspecified atom stereocenters. The molecule has 70 valence electrons. The van der Waals surface area contributed by atoms with Crippen molar-refractivity contribution < 1.29 is 9.73 Å². The fraction of sp³-hybridized carbons (Fsp3) is 0.222. The van der Waals surface area contributed by atoms with Gasteiger partial charge in [-0.15, -0.1) is 0 Å². The van der Waals surface area contributed by atoms with E-state index in [9.17, 15) is 0 Å². The number of hydrogen-bond acceptors (Lipinski definition) is 1. The molecule has 1 aromatic carbocycles. The van der Waals surface area contributed by atoms with Crippen LogP contribution in [0.3, 0.4) is 0 Å². The molecule has 13 heavy (non-hydrogen) atoms. The fourth-order valence-electron chi connectivity index (χ4n) is 0.764. The van der Waals surface area contributed by atoms with Gasteiger partial charge in [-0.25, -0.2) is 0 Å². The Balaban J connectivity index is 2.51. The highest BCUT2D eigenvalue weighted by Crippen LogP contribution is 2.14. The summed E-state index contributed by atoms with van der Waals surface area (Å²) in [4.78, 5) is 2.79. The summed E-state index contributed by atoms with van der Waals surface area (Å²) in [5, 5.41) is 0.693. The summed E-state index contributed by atoms with van der Waals surface area (Å²) in [7, 11) is 1.75. The number of rotatable bonds is 3. The molecule has 0 spiro atoms. The van der Waals surface area contributed by atoms with Crippen molar-refractivity contribution in [2.75, 3.05) is 13.7 Å². The Kier molecular flexibility index (Phi) is 3.58. The molecule has 0 radical (unpaired) electrons. The highest BCUT2D eigenvalue weighted by molar-refractivity contribution is 6.30. The van der Waals surface area contributed by atoms with Gasteiger partial charge >= 0.3 is 0 Å². The van der Waals surface area contributed by atoms with Crippen LogP contribution in [0.1, 0.15) is 0 Å². The third-order valence-electron chi connectivity index (χ3n) is 1.53. The molecular weight excluding hydrogens is 188 g/mol. The minimum atomic E-state index is 0.359. The van der Waals surface area contributed by atoms with E-state index >= 15 is 0 Å². The zero-order valence-corrected chi connectivity index (χ0v) is 8.14. The Morgan fingerprint density at radius 2 is 2.08 bits per heavy atom. The SMILES string of the molecule is C[NH+]=C(N)COc1ccc(Cl)cc1. The average molecular weight is 200 g/mol. The normalized spacial score (nSPS) is 11.4. The maximum Gasteiger partial charge on any atom is 0.278 e. The third kappa shape index (κ3) is 3.34. The monoisotopic (exact) mass is 199 g/mol. The van der Waals surface area contributed by atoms with E-state index in [1.165, 1.54) is 0 Å². The molecule has 0 saturated heterocycles. The molecule has 0 aliphatic carbocycles. The number of hydrogen-bond donors (Lipinski definition) is 2. The zero-order valence-electron chi connectivity index (χ0n) is 7.38. The minimum absolute atomic E-state index is 0.359. The van der Waals surface area contributed by atoms with Crippen LogP contribution >= 0.6 is 11.6 Å². The zero-order chi connectivity index (χ0) is 9.68. The summed E-state index contributed by atoms with van der Waals surface area (Å²) in [5.41, 5.74) is 5.51. The van der Waals surface area contributed by atoms with Crippen molar-refractivity contribution in [2.45, 2.75) is 0 Å². The summed E-state index contributed by atoms with van der Waals surface area (Å²) in [6, 6.07) is 7.13. The second-order valence-electron chi connectivity index (χ2n) is 2.52. The number of ether oxygens (including phenoxy) is 1. The first-order chi connectivity index (χ1) is 6.22. The second-order valence-corrected chi connectivity index (χ2v) is 2.95. The van der Waals surface area contributed by atoms with Gasteiger partial charge in [0, 0.05) is 5.02 Å². The van der Waals surface area contributed by atoms with Gasteiger partial charge in [-0.3, -0.25) is 10.7 Å². The van der Waals surface area contributed by atoms with Gasteiger partial charge in [0.1, 0.15) is 5.75 Å². The first-order valence-electron chi connectivity index (χ1n) is 3.90. The molecule has 0 fully saturated rings. The molecule has 0 aromatic heterocycles. The lowest BCUT2D eigenvalue weighted by Gasteiger charge is -2.02. The average Bonchev–Trinajstić information content (AvgIpc) is 2.16. The molecule has 3 nitrogen and oxygen atoms in total. The molecule has 0 amide bonds. The standard InChI is InChI=1S/C9H11ClN2O/c1-12-9(11)6-13-8-4-2-7(10)3-5-8/h2-5H,6H2,1H3,(H2,11,12)/p+1. The van der Waals surface area contributed by atoms with Crippen LogP contribution < -0.4 is 15.5 Å². The molecular formula is C9H12ClN2O+. The maximum atomic E-state index is 5.70. The van der Waals surface area contributed by atoms with Crippen LogP contribution in [0.2, 0.25) is 5.02 Å². The van der Waals surface area contributed by atoms with Crippen molar-refractivity contribution >= 4 is 17.4 Å². The van der Waals surface area contributed by atoms with Crippen molar-refractivity contribution in [1.29, 1.82) is 0 Å². The van der Waals surface area contributed by atoms with Gasteiger partial charge in [0.2, 0.25) is 0 Å². The second kappa shape index (κ2) is 4.72. The quantitative estimate of drug-likeness (QED) is 0.523. The van der Waals surface area contributed by atoms with E-state index in [-0.39, 0.29) is 0 Å². The smallest absolute Gasteiger partial charge is 0.278 e. The van der Waals surface area contributed by atoms with Crippen LogP contribution in [0, 0.1) is 0 Å². The molecule has 4 heteroatoms. The van der Waals surface area contributed by atoms with Gasteiger partial charge in [-0.1, -0.05) is 11.6 Å². The Bertz CT molecular complexity index is 295. The number of halogens is 1. The highest BCUT2D eigenvalue weighted by Gasteiger charge is 1.98. The van der Waals surface area contributed by atoms with Gasteiger partial charge in [0.15, 0.2) is 6.61 Å². The van der Waals surface area contributed by atoms with Crippen molar-refractivity contribution in [1.82, 2.24) is 0 Å².